The molecule has 0 fully saturated rings. The molecule has 18 heavy (non-hydrogen) atoms. The first-order valence-corrected chi connectivity index (χ1v) is 5.56. The number of hydrogen-bond donors (Lipinski definition) is 2. The van der Waals surface area contributed by atoms with E-state index in [1.807, 2.05) is 0 Å². The Balaban J connectivity index is 2.23. The lowest BCUT2D eigenvalue weighted by molar-refractivity contribution is -0.136. The van der Waals surface area contributed by atoms with Crippen molar-refractivity contribution in [2.24, 2.45) is 0 Å². The Morgan fingerprint density at radius 1 is 1.44 bits per heavy atom. The lowest BCUT2D eigenvalue weighted by atomic mass is 10.2. The number of aryl methyl sites for hydroxylation is 1. The summed E-state index contributed by atoms with van der Waals surface area (Å²) in [4.78, 5) is 10.4. The highest BCUT2D eigenvalue weighted by molar-refractivity contribution is 6.30. The van der Waals surface area contributed by atoms with Crippen molar-refractivity contribution >= 4 is 17.6 Å². The molecule has 0 aliphatic carbocycles. The van der Waals surface area contributed by atoms with Crippen LogP contribution in [0.5, 0.6) is 5.75 Å². The van der Waals surface area contributed by atoms with Crippen LogP contribution in [0.3, 0.4) is 0 Å². The van der Waals surface area contributed by atoms with Gasteiger partial charge in [-0.2, -0.15) is 0 Å². The van der Waals surface area contributed by atoms with Gasteiger partial charge in [-0.25, -0.2) is 4.68 Å². The van der Waals surface area contributed by atoms with Crippen molar-refractivity contribution < 1.29 is 15.0 Å². The van der Waals surface area contributed by atoms with Gasteiger partial charge in [-0.3, -0.25) is 4.79 Å². The first-order chi connectivity index (χ1) is 8.56. The molecule has 0 aliphatic rings. The lowest BCUT2D eigenvalue weighted by Gasteiger charge is -2.03. The van der Waals surface area contributed by atoms with Crippen LogP contribution in [-0.2, 0) is 11.2 Å². The van der Waals surface area contributed by atoms with Gasteiger partial charge in [0.1, 0.15) is 11.4 Å². The Kier molecular flexibility index (Phi) is 3.47. The molecule has 1 aromatic carbocycles. The Labute approximate surface area is 107 Å². The molecule has 0 bridgehead atoms. The number of phenolic OH excluding ortho intramolecular Hbond substituents is 1. The van der Waals surface area contributed by atoms with Crippen LogP contribution in [0.1, 0.15) is 12.1 Å². The zero-order valence-electron chi connectivity index (χ0n) is 9.25. The third kappa shape index (κ3) is 2.78. The summed E-state index contributed by atoms with van der Waals surface area (Å²) in [5.41, 5.74) is 0.938. The van der Waals surface area contributed by atoms with Gasteiger partial charge in [0.05, 0.1) is 18.3 Å². The second-order valence-electron chi connectivity index (χ2n) is 3.68. The monoisotopic (exact) mass is 267 g/mol. The Morgan fingerprint density at radius 2 is 2.22 bits per heavy atom. The number of carbonyl (C=O) groups is 1. The fourth-order valence-electron chi connectivity index (χ4n) is 1.45. The summed E-state index contributed by atoms with van der Waals surface area (Å²) >= 11 is 5.83. The van der Waals surface area contributed by atoms with Crippen LogP contribution in [-0.4, -0.2) is 31.2 Å². The molecule has 2 aromatic rings. The molecular formula is C11H10ClN3O3. The molecule has 1 aromatic heterocycles. The van der Waals surface area contributed by atoms with Gasteiger partial charge in [-0.15, -0.1) is 5.10 Å². The highest BCUT2D eigenvalue weighted by Gasteiger charge is 2.09. The Morgan fingerprint density at radius 3 is 2.94 bits per heavy atom. The molecule has 0 spiro atoms. The largest absolute Gasteiger partial charge is 0.506 e. The summed E-state index contributed by atoms with van der Waals surface area (Å²) in [6.07, 6.45) is 1.84. The summed E-state index contributed by atoms with van der Waals surface area (Å²) in [5.74, 6) is -0.871. The van der Waals surface area contributed by atoms with Gasteiger partial charge in [0.25, 0.3) is 0 Å². The molecule has 6 nitrogen and oxygen atoms in total. The number of aliphatic carboxylic acids is 1. The van der Waals surface area contributed by atoms with Crippen LogP contribution >= 0.6 is 11.6 Å². The smallest absolute Gasteiger partial charge is 0.303 e. The lowest BCUT2D eigenvalue weighted by Crippen LogP contribution is -1.97. The molecule has 0 saturated heterocycles. The van der Waals surface area contributed by atoms with Crippen molar-refractivity contribution in [3.8, 4) is 11.4 Å². The Hall–Kier alpha value is -2.08. The number of phenols is 1. The summed E-state index contributed by atoms with van der Waals surface area (Å²) in [6, 6.07) is 4.56. The minimum Gasteiger partial charge on any atom is -0.506 e. The van der Waals surface area contributed by atoms with Gasteiger partial charge < -0.3 is 10.2 Å². The molecule has 94 valence electrons. The summed E-state index contributed by atoms with van der Waals surface area (Å²) in [5, 5.41) is 26.4. The Bertz CT molecular complexity index is 583. The molecule has 0 aliphatic heterocycles. The summed E-state index contributed by atoms with van der Waals surface area (Å²) in [7, 11) is 0. The van der Waals surface area contributed by atoms with E-state index >= 15 is 0 Å². The zero-order chi connectivity index (χ0) is 13.1. The predicted molar refractivity (Wildman–Crippen MR) is 64.0 cm³/mol. The van der Waals surface area contributed by atoms with Crippen LogP contribution in [0.15, 0.2) is 24.4 Å². The second kappa shape index (κ2) is 5.05. The average molecular weight is 268 g/mol. The minimum atomic E-state index is -0.893. The number of carboxylic acids is 1. The van der Waals surface area contributed by atoms with Gasteiger partial charge >= 0.3 is 5.97 Å². The van der Waals surface area contributed by atoms with Crippen LogP contribution in [0, 0.1) is 0 Å². The molecule has 0 radical (unpaired) electrons. The number of aromatic nitrogens is 3. The minimum absolute atomic E-state index is 0.0137. The molecule has 0 unspecified atom stereocenters. The van der Waals surface area contributed by atoms with Crippen LogP contribution in [0.4, 0.5) is 0 Å². The third-order valence-electron chi connectivity index (χ3n) is 2.32. The number of aromatic hydroxyl groups is 1. The number of benzene rings is 1. The standard InChI is InChI=1S/C11H10ClN3O3/c12-7-1-3-10(16)9(5-7)15-6-8(13-14-15)2-4-11(17)18/h1,3,5-6,16H,2,4H2,(H,17,18). The maximum atomic E-state index is 10.4. The summed E-state index contributed by atoms with van der Waals surface area (Å²) in [6.45, 7) is 0. The highest BCUT2D eigenvalue weighted by Crippen LogP contribution is 2.24. The average Bonchev–Trinajstić information content (AvgIpc) is 2.78. The normalized spacial score (nSPS) is 10.5. The van der Waals surface area contributed by atoms with E-state index in [-0.39, 0.29) is 18.6 Å². The number of nitrogens with zero attached hydrogens (tertiary/aromatic N) is 3. The SMILES string of the molecule is O=C(O)CCc1cn(-c2cc(Cl)ccc2O)nn1. The van der Waals surface area contributed by atoms with E-state index in [0.29, 0.717) is 16.4 Å². The van der Waals surface area contributed by atoms with Gasteiger partial charge in [-0.1, -0.05) is 16.8 Å². The quantitative estimate of drug-likeness (QED) is 0.879. The highest BCUT2D eigenvalue weighted by atomic mass is 35.5. The molecule has 0 saturated carbocycles. The van der Waals surface area contributed by atoms with Gasteiger partial charge in [0.2, 0.25) is 0 Å². The first-order valence-electron chi connectivity index (χ1n) is 5.18. The van der Waals surface area contributed by atoms with Crippen molar-refractivity contribution in [1.29, 1.82) is 0 Å². The van der Waals surface area contributed by atoms with E-state index in [1.165, 1.54) is 10.7 Å². The fourth-order valence-corrected chi connectivity index (χ4v) is 1.61. The molecule has 2 rings (SSSR count). The van der Waals surface area contributed by atoms with Crippen LogP contribution < -0.4 is 0 Å². The maximum absolute atomic E-state index is 10.4. The topological polar surface area (TPSA) is 88.2 Å². The van der Waals surface area contributed by atoms with E-state index < -0.39 is 5.97 Å². The number of carboxylic acid groups (broad SMARTS) is 1. The molecule has 0 atom stereocenters. The molecule has 7 heteroatoms. The van der Waals surface area contributed by atoms with E-state index in [4.69, 9.17) is 16.7 Å². The fraction of sp³-hybridized carbons (Fsp3) is 0.182. The van der Waals surface area contributed by atoms with Gasteiger partial charge in [0.15, 0.2) is 0 Å². The zero-order valence-corrected chi connectivity index (χ0v) is 10.0. The third-order valence-corrected chi connectivity index (χ3v) is 2.56. The molecule has 2 N–H and O–H groups in total. The second-order valence-corrected chi connectivity index (χ2v) is 4.12. The predicted octanol–water partition coefficient (Wildman–Crippen LogP) is 1.64. The van der Waals surface area contributed by atoms with Crippen molar-refractivity contribution in [2.45, 2.75) is 12.8 Å². The van der Waals surface area contributed by atoms with Crippen LogP contribution in [0.25, 0.3) is 5.69 Å². The number of halogens is 1. The molecule has 1 heterocycles. The van der Waals surface area contributed by atoms with Crippen molar-refractivity contribution in [3.63, 3.8) is 0 Å². The first kappa shape index (κ1) is 12.4. The van der Waals surface area contributed by atoms with E-state index in [2.05, 4.69) is 10.3 Å². The number of hydrogen-bond acceptors (Lipinski definition) is 4. The summed E-state index contributed by atoms with van der Waals surface area (Å²) < 4.78 is 1.36. The van der Waals surface area contributed by atoms with E-state index in [1.54, 1.807) is 18.3 Å². The number of rotatable bonds is 4. The van der Waals surface area contributed by atoms with Crippen molar-refractivity contribution in [3.05, 3.63) is 35.1 Å². The van der Waals surface area contributed by atoms with Crippen molar-refractivity contribution in [1.82, 2.24) is 15.0 Å². The van der Waals surface area contributed by atoms with E-state index in [9.17, 15) is 9.90 Å². The van der Waals surface area contributed by atoms with Gasteiger partial charge in [0, 0.05) is 11.4 Å². The van der Waals surface area contributed by atoms with Crippen LogP contribution in [0.2, 0.25) is 5.02 Å². The molecular weight excluding hydrogens is 258 g/mol. The van der Waals surface area contributed by atoms with Crippen molar-refractivity contribution in [2.75, 3.05) is 0 Å². The van der Waals surface area contributed by atoms with E-state index in [0.717, 1.165) is 0 Å². The molecule has 0 amide bonds. The maximum Gasteiger partial charge on any atom is 0.303 e. The van der Waals surface area contributed by atoms with Gasteiger partial charge in [-0.05, 0) is 18.2 Å².